The number of benzene rings is 2. The zero-order valence-corrected chi connectivity index (χ0v) is 16.4. The number of nitrogens with zero attached hydrogens (tertiary/aromatic N) is 3. The van der Waals surface area contributed by atoms with Gasteiger partial charge in [0, 0.05) is 15.6 Å². The summed E-state index contributed by atoms with van der Waals surface area (Å²) in [7, 11) is 2.03. The van der Waals surface area contributed by atoms with E-state index in [0.717, 1.165) is 30.6 Å². The number of carbonyl (C=O) groups excluding carboxylic acids is 1. The topological polar surface area (TPSA) is 35.9 Å². The van der Waals surface area contributed by atoms with E-state index in [1.807, 2.05) is 31.3 Å². The average Bonchev–Trinajstić information content (AvgIpc) is 2.85. The summed E-state index contributed by atoms with van der Waals surface area (Å²) in [6, 6.07) is 12.8. The number of anilines is 1. The van der Waals surface area contributed by atoms with Crippen molar-refractivity contribution in [3.8, 4) is 0 Å². The number of rotatable bonds is 6. The molecule has 0 saturated carbocycles. The highest BCUT2D eigenvalue weighted by Crippen LogP contribution is 2.32. The Kier molecular flexibility index (Phi) is 5.97. The first-order valence-corrected chi connectivity index (χ1v) is 9.39. The molecule has 3 rings (SSSR count). The minimum atomic E-state index is -0.106. The SMILES string of the molecule is CCCCN(C)CN1C(=O)C(=Nc2cc(Cl)cc(Cl)c2)c2ccccc21. The average molecular weight is 390 g/mol. The molecule has 2 aromatic rings. The van der Waals surface area contributed by atoms with Crippen molar-refractivity contribution in [3.63, 3.8) is 0 Å². The van der Waals surface area contributed by atoms with E-state index in [2.05, 4.69) is 16.8 Å². The number of hydrogen-bond donors (Lipinski definition) is 0. The van der Waals surface area contributed by atoms with E-state index in [4.69, 9.17) is 23.2 Å². The van der Waals surface area contributed by atoms with E-state index >= 15 is 0 Å². The maximum Gasteiger partial charge on any atom is 0.278 e. The summed E-state index contributed by atoms with van der Waals surface area (Å²) in [6.07, 6.45) is 2.22. The van der Waals surface area contributed by atoms with Crippen molar-refractivity contribution in [2.45, 2.75) is 19.8 Å². The smallest absolute Gasteiger partial charge is 0.278 e. The van der Waals surface area contributed by atoms with Gasteiger partial charge in [0.25, 0.3) is 5.91 Å². The zero-order chi connectivity index (χ0) is 18.7. The second-order valence-electron chi connectivity index (χ2n) is 6.41. The van der Waals surface area contributed by atoms with E-state index in [1.165, 1.54) is 0 Å². The van der Waals surface area contributed by atoms with Crippen LogP contribution in [0.25, 0.3) is 0 Å². The molecule has 0 radical (unpaired) electrons. The molecule has 6 heteroatoms. The molecular formula is C20H21Cl2N3O. The van der Waals surface area contributed by atoms with Gasteiger partial charge >= 0.3 is 0 Å². The summed E-state index contributed by atoms with van der Waals surface area (Å²) >= 11 is 12.1. The third-order valence-electron chi connectivity index (χ3n) is 4.26. The number of unbranched alkanes of at least 4 members (excludes halogenated alkanes) is 1. The van der Waals surface area contributed by atoms with E-state index in [-0.39, 0.29) is 5.91 Å². The Morgan fingerprint density at radius 1 is 1.12 bits per heavy atom. The van der Waals surface area contributed by atoms with Gasteiger partial charge in [0.2, 0.25) is 0 Å². The quantitative estimate of drug-likeness (QED) is 0.684. The van der Waals surface area contributed by atoms with E-state index in [0.29, 0.717) is 28.1 Å². The fourth-order valence-electron chi connectivity index (χ4n) is 2.98. The Morgan fingerprint density at radius 2 is 1.81 bits per heavy atom. The monoisotopic (exact) mass is 389 g/mol. The maximum absolute atomic E-state index is 13.0. The van der Waals surface area contributed by atoms with Crippen LogP contribution in [0.5, 0.6) is 0 Å². The Labute approximate surface area is 164 Å². The molecule has 0 fully saturated rings. The van der Waals surface area contributed by atoms with Crippen LogP contribution in [-0.2, 0) is 4.79 Å². The highest BCUT2D eigenvalue weighted by atomic mass is 35.5. The molecule has 1 heterocycles. The van der Waals surface area contributed by atoms with Crippen LogP contribution in [0.4, 0.5) is 11.4 Å². The fraction of sp³-hybridized carbons (Fsp3) is 0.300. The second-order valence-corrected chi connectivity index (χ2v) is 7.29. The molecule has 0 unspecified atom stereocenters. The van der Waals surface area contributed by atoms with Gasteiger partial charge < -0.3 is 0 Å². The summed E-state index contributed by atoms with van der Waals surface area (Å²) < 4.78 is 0. The van der Waals surface area contributed by atoms with Crippen LogP contribution < -0.4 is 4.90 Å². The van der Waals surface area contributed by atoms with Gasteiger partial charge in [-0.15, -0.1) is 0 Å². The predicted octanol–water partition coefficient (Wildman–Crippen LogP) is 5.15. The fourth-order valence-corrected chi connectivity index (χ4v) is 3.50. The van der Waals surface area contributed by atoms with E-state index in [1.54, 1.807) is 23.1 Å². The molecule has 0 aliphatic carbocycles. The first-order valence-electron chi connectivity index (χ1n) is 8.64. The number of para-hydroxylation sites is 1. The molecular weight excluding hydrogens is 369 g/mol. The number of hydrogen-bond acceptors (Lipinski definition) is 3. The van der Waals surface area contributed by atoms with Gasteiger partial charge in [0.15, 0.2) is 0 Å². The maximum atomic E-state index is 13.0. The Bertz CT molecular complexity index is 830. The molecule has 0 bridgehead atoms. The van der Waals surface area contributed by atoms with Crippen LogP contribution in [0.15, 0.2) is 47.5 Å². The highest BCUT2D eigenvalue weighted by molar-refractivity contribution is 6.54. The molecule has 0 saturated heterocycles. The van der Waals surface area contributed by atoms with Gasteiger partial charge in [-0.2, -0.15) is 0 Å². The van der Waals surface area contributed by atoms with Gasteiger partial charge in [0.1, 0.15) is 5.71 Å². The molecule has 2 aromatic carbocycles. The lowest BCUT2D eigenvalue weighted by atomic mass is 10.1. The normalized spacial score (nSPS) is 15.2. The van der Waals surface area contributed by atoms with Crippen molar-refractivity contribution in [2.75, 3.05) is 25.2 Å². The van der Waals surface area contributed by atoms with Gasteiger partial charge in [-0.1, -0.05) is 54.7 Å². The van der Waals surface area contributed by atoms with Crippen LogP contribution in [0.2, 0.25) is 10.0 Å². The lowest BCUT2D eigenvalue weighted by Gasteiger charge is -2.24. The van der Waals surface area contributed by atoms with Crippen molar-refractivity contribution in [1.82, 2.24) is 4.90 Å². The standard InChI is InChI=1S/C20H21Cl2N3O/c1-3-4-9-24(2)13-25-18-8-6-5-7-17(18)19(20(25)26)23-16-11-14(21)10-15(22)12-16/h5-8,10-12H,3-4,9,13H2,1-2H3. The molecule has 0 atom stereocenters. The molecule has 26 heavy (non-hydrogen) atoms. The van der Waals surface area contributed by atoms with Gasteiger partial charge in [-0.05, 0) is 44.3 Å². The number of halogens is 2. The summed E-state index contributed by atoms with van der Waals surface area (Å²) in [4.78, 5) is 21.5. The molecule has 0 N–H and O–H groups in total. The van der Waals surface area contributed by atoms with Crippen LogP contribution >= 0.6 is 23.2 Å². The Balaban J connectivity index is 1.95. The molecule has 136 valence electrons. The van der Waals surface area contributed by atoms with E-state index in [9.17, 15) is 4.79 Å². The Morgan fingerprint density at radius 3 is 2.50 bits per heavy atom. The minimum absolute atomic E-state index is 0.106. The highest BCUT2D eigenvalue weighted by Gasteiger charge is 2.34. The summed E-state index contributed by atoms with van der Waals surface area (Å²) in [5.74, 6) is -0.106. The Hall–Kier alpha value is -1.88. The van der Waals surface area contributed by atoms with Crippen LogP contribution in [-0.4, -0.2) is 36.8 Å². The summed E-state index contributed by atoms with van der Waals surface area (Å²) in [6.45, 7) is 3.63. The van der Waals surface area contributed by atoms with Crippen LogP contribution in [0, 0.1) is 0 Å². The van der Waals surface area contributed by atoms with Gasteiger partial charge in [-0.25, -0.2) is 4.99 Å². The van der Waals surface area contributed by atoms with Crippen molar-refractivity contribution in [2.24, 2.45) is 4.99 Å². The lowest BCUT2D eigenvalue weighted by Crippen LogP contribution is -2.39. The third kappa shape index (κ3) is 4.09. The first-order chi connectivity index (χ1) is 12.5. The van der Waals surface area contributed by atoms with Gasteiger partial charge in [0.05, 0.1) is 18.0 Å². The predicted molar refractivity (Wildman–Crippen MR) is 109 cm³/mol. The summed E-state index contributed by atoms with van der Waals surface area (Å²) in [5.41, 5.74) is 2.70. The number of aliphatic imine (C=N–C) groups is 1. The first kappa shape index (κ1) is 18.9. The number of fused-ring (bicyclic) bond motifs is 1. The molecule has 1 aliphatic heterocycles. The molecule has 1 amide bonds. The minimum Gasteiger partial charge on any atom is -0.293 e. The summed E-state index contributed by atoms with van der Waals surface area (Å²) in [5, 5.41) is 0.985. The molecule has 4 nitrogen and oxygen atoms in total. The van der Waals surface area contributed by atoms with Crippen molar-refractivity contribution >= 4 is 46.2 Å². The number of amides is 1. The van der Waals surface area contributed by atoms with Crippen molar-refractivity contribution in [3.05, 3.63) is 58.1 Å². The lowest BCUT2D eigenvalue weighted by molar-refractivity contribution is -0.112. The van der Waals surface area contributed by atoms with Crippen LogP contribution in [0.1, 0.15) is 25.3 Å². The molecule has 0 spiro atoms. The van der Waals surface area contributed by atoms with E-state index < -0.39 is 0 Å². The molecule has 1 aliphatic rings. The molecule has 0 aromatic heterocycles. The third-order valence-corrected chi connectivity index (χ3v) is 4.70. The second kappa shape index (κ2) is 8.21. The van der Waals surface area contributed by atoms with Gasteiger partial charge in [-0.3, -0.25) is 14.6 Å². The largest absolute Gasteiger partial charge is 0.293 e. The van der Waals surface area contributed by atoms with Crippen LogP contribution in [0.3, 0.4) is 0 Å². The zero-order valence-electron chi connectivity index (χ0n) is 14.9. The number of carbonyl (C=O) groups is 1. The van der Waals surface area contributed by atoms with Crippen molar-refractivity contribution in [1.29, 1.82) is 0 Å². The van der Waals surface area contributed by atoms with Crippen molar-refractivity contribution < 1.29 is 4.79 Å².